The Kier molecular flexibility index (Phi) is 3.31. The van der Waals surface area contributed by atoms with E-state index in [1.54, 1.807) is 0 Å². The molecule has 0 amide bonds. The molecule has 0 aliphatic rings. The topological polar surface area (TPSA) is 30.0 Å². The smallest absolute Gasteiger partial charge is 0.280 e. The van der Waals surface area contributed by atoms with Crippen LogP contribution in [-0.2, 0) is 5.88 Å². The van der Waals surface area contributed by atoms with Gasteiger partial charge in [0.25, 0.3) is 6.43 Å². The van der Waals surface area contributed by atoms with Crippen LogP contribution < -0.4 is 0 Å². The summed E-state index contributed by atoms with van der Waals surface area (Å²) in [6.45, 7) is 0. The van der Waals surface area contributed by atoms with Crippen molar-refractivity contribution in [1.29, 1.82) is 0 Å². The predicted molar refractivity (Wildman–Crippen MR) is 44.1 cm³/mol. The lowest BCUT2D eigenvalue weighted by Crippen LogP contribution is -1.97. The molecule has 0 aliphatic heterocycles. The van der Waals surface area contributed by atoms with Gasteiger partial charge in [0.1, 0.15) is 11.4 Å². The summed E-state index contributed by atoms with van der Waals surface area (Å²) in [4.78, 5) is 13.7. The van der Waals surface area contributed by atoms with Gasteiger partial charge in [-0.25, -0.2) is 13.8 Å². The van der Waals surface area contributed by atoms with E-state index in [-0.39, 0.29) is 11.6 Å². The molecule has 0 spiro atoms. The normalized spacial score (nSPS) is 10.5. The minimum Gasteiger partial charge on any atom is -0.296 e. The molecule has 1 rings (SSSR count). The predicted octanol–water partition coefficient (Wildman–Crippen LogP) is 2.57. The second-order valence-electron chi connectivity index (χ2n) is 2.38. The van der Waals surface area contributed by atoms with Crippen LogP contribution >= 0.6 is 11.6 Å². The highest BCUT2D eigenvalue weighted by Gasteiger charge is 2.10. The number of carbonyl (C=O) groups excluding carboxylic acids is 1. The van der Waals surface area contributed by atoms with Crippen LogP contribution in [0.2, 0.25) is 0 Å². The van der Waals surface area contributed by atoms with Crippen molar-refractivity contribution in [2.45, 2.75) is 12.3 Å². The third kappa shape index (κ3) is 2.45. The Morgan fingerprint density at radius 2 is 2.23 bits per heavy atom. The Morgan fingerprint density at radius 3 is 2.69 bits per heavy atom. The summed E-state index contributed by atoms with van der Waals surface area (Å²) in [6.07, 6.45) is -2.26. The maximum Gasteiger partial charge on any atom is 0.280 e. The Balaban J connectivity index is 3.14. The van der Waals surface area contributed by atoms with Crippen LogP contribution in [0.4, 0.5) is 8.78 Å². The average Bonchev–Trinajstić information content (AvgIpc) is 2.16. The van der Waals surface area contributed by atoms with Gasteiger partial charge in [0.2, 0.25) is 0 Å². The molecule has 0 bridgehead atoms. The summed E-state index contributed by atoms with van der Waals surface area (Å²) in [5.74, 6) is 0.0864. The molecule has 1 heterocycles. The van der Waals surface area contributed by atoms with E-state index in [4.69, 9.17) is 11.6 Å². The van der Waals surface area contributed by atoms with Gasteiger partial charge in [0.05, 0.1) is 0 Å². The molecule has 70 valence electrons. The summed E-state index contributed by atoms with van der Waals surface area (Å²) in [5.41, 5.74) is 0.0303. The zero-order chi connectivity index (χ0) is 9.84. The fourth-order valence-corrected chi connectivity index (χ4v) is 1.04. The largest absolute Gasteiger partial charge is 0.296 e. The summed E-state index contributed by atoms with van der Waals surface area (Å²) in [7, 11) is 0. The lowest BCUT2D eigenvalue weighted by Gasteiger charge is -2.02. The van der Waals surface area contributed by atoms with Gasteiger partial charge in [-0.05, 0) is 17.7 Å². The molecule has 0 radical (unpaired) electrons. The molecule has 0 unspecified atom stereocenters. The number of hydrogen-bond acceptors (Lipinski definition) is 2. The fraction of sp³-hybridized carbons (Fsp3) is 0.250. The van der Waals surface area contributed by atoms with Gasteiger partial charge in [-0.2, -0.15) is 0 Å². The molecule has 13 heavy (non-hydrogen) atoms. The van der Waals surface area contributed by atoms with E-state index in [0.29, 0.717) is 11.8 Å². The fourth-order valence-electron chi connectivity index (χ4n) is 0.885. The van der Waals surface area contributed by atoms with Crippen molar-refractivity contribution in [3.8, 4) is 0 Å². The van der Waals surface area contributed by atoms with Gasteiger partial charge < -0.3 is 0 Å². The maximum absolute atomic E-state index is 12.2. The quantitative estimate of drug-likeness (QED) is 0.561. The van der Waals surface area contributed by atoms with Crippen molar-refractivity contribution in [2.24, 2.45) is 0 Å². The molecule has 2 nitrogen and oxygen atoms in total. The summed E-state index contributed by atoms with van der Waals surface area (Å²) >= 11 is 5.44. The Bertz CT molecular complexity index is 317. The Hall–Kier alpha value is -1.03. The first-order chi connectivity index (χ1) is 6.17. The molecule has 0 atom stereocenters. The first-order valence-electron chi connectivity index (χ1n) is 3.47. The van der Waals surface area contributed by atoms with Crippen molar-refractivity contribution in [3.63, 3.8) is 0 Å². The van der Waals surface area contributed by atoms with Crippen LogP contribution in [0.25, 0.3) is 0 Å². The molecule has 0 fully saturated rings. The van der Waals surface area contributed by atoms with E-state index in [9.17, 15) is 13.6 Å². The second-order valence-corrected chi connectivity index (χ2v) is 2.64. The molecule has 1 aromatic heterocycles. The van der Waals surface area contributed by atoms with Crippen LogP contribution in [-0.4, -0.2) is 11.3 Å². The standard InChI is InChI=1S/C8H6ClF2NO/c9-3-5-1-6(4-13)12-7(2-5)8(10)11/h1-2,4,8H,3H2. The van der Waals surface area contributed by atoms with Crippen molar-refractivity contribution >= 4 is 17.9 Å². The monoisotopic (exact) mass is 205 g/mol. The number of carbonyl (C=O) groups is 1. The van der Waals surface area contributed by atoms with Crippen molar-refractivity contribution < 1.29 is 13.6 Å². The number of alkyl halides is 3. The van der Waals surface area contributed by atoms with Gasteiger partial charge in [0.15, 0.2) is 6.29 Å². The summed E-state index contributed by atoms with van der Waals surface area (Å²) in [5, 5.41) is 0. The first kappa shape index (κ1) is 10.1. The van der Waals surface area contributed by atoms with Gasteiger partial charge >= 0.3 is 0 Å². The van der Waals surface area contributed by atoms with Crippen LogP contribution in [0.3, 0.4) is 0 Å². The molecule has 0 N–H and O–H groups in total. The highest BCUT2D eigenvalue weighted by Crippen LogP contribution is 2.18. The number of aldehydes is 1. The van der Waals surface area contributed by atoms with Gasteiger partial charge in [-0.15, -0.1) is 11.6 Å². The van der Waals surface area contributed by atoms with E-state index in [2.05, 4.69) is 4.98 Å². The zero-order valence-electron chi connectivity index (χ0n) is 6.51. The van der Waals surface area contributed by atoms with E-state index < -0.39 is 12.1 Å². The minimum atomic E-state index is -2.68. The number of pyridine rings is 1. The van der Waals surface area contributed by atoms with Gasteiger partial charge in [-0.1, -0.05) is 0 Å². The number of halogens is 3. The minimum absolute atomic E-state index is 0.0200. The Morgan fingerprint density at radius 1 is 1.54 bits per heavy atom. The van der Waals surface area contributed by atoms with Gasteiger partial charge in [-0.3, -0.25) is 4.79 Å². The highest BCUT2D eigenvalue weighted by atomic mass is 35.5. The van der Waals surface area contributed by atoms with Crippen molar-refractivity contribution in [3.05, 3.63) is 29.1 Å². The van der Waals surface area contributed by atoms with E-state index in [0.717, 1.165) is 0 Å². The summed E-state index contributed by atoms with van der Waals surface area (Å²) in [6, 6.07) is 2.57. The molecule has 1 aromatic rings. The third-order valence-corrected chi connectivity index (χ3v) is 1.73. The van der Waals surface area contributed by atoms with Gasteiger partial charge in [0, 0.05) is 5.88 Å². The maximum atomic E-state index is 12.2. The summed E-state index contributed by atoms with van der Waals surface area (Å²) < 4.78 is 24.4. The molecular weight excluding hydrogens is 200 g/mol. The van der Waals surface area contributed by atoms with Crippen LogP contribution in [0.5, 0.6) is 0 Å². The Labute approximate surface area is 78.5 Å². The lowest BCUT2D eigenvalue weighted by molar-refractivity contribution is 0.111. The molecule has 0 aliphatic carbocycles. The van der Waals surface area contributed by atoms with Crippen LogP contribution in [0.1, 0.15) is 28.2 Å². The molecule has 0 saturated carbocycles. The third-order valence-electron chi connectivity index (χ3n) is 1.42. The number of nitrogens with zero attached hydrogens (tertiary/aromatic N) is 1. The molecule has 0 aromatic carbocycles. The molecular formula is C8H6ClF2NO. The first-order valence-corrected chi connectivity index (χ1v) is 4.01. The van der Waals surface area contributed by atoms with E-state index >= 15 is 0 Å². The van der Waals surface area contributed by atoms with Crippen molar-refractivity contribution in [1.82, 2.24) is 4.98 Å². The highest BCUT2D eigenvalue weighted by molar-refractivity contribution is 6.17. The van der Waals surface area contributed by atoms with E-state index in [1.165, 1.54) is 12.1 Å². The SMILES string of the molecule is O=Cc1cc(CCl)cc(C(F)F)n1. The average molecular weight is 206 g/mol. The zero-order valence-corrected chi connectivity index (χ0v) is 7.26. The van der Waals surface area contributed by atoms with Crippen LogP contribution in [0, 0.1) is 0 Å². The number of rotatable bonds is 3. The lowest BCUT2D eigenvalue weighted by atomic mass is 10.2. The second kappa shape index (κ2) is 4.28. The number of aromatic nitrogens is 1. The number of hydrogen-bond donors (Lipinski definition) is 0. The molecule has 0 saturated heterocycles. The van der Waals surface area contributed by atoms with E-state index in [1.807, 2.05) is 0 Å². The van der Waals surface area contributed by atoms with Crippen LogP contribution in [0.15, 0.2) is 12.1 Å². The van der Waals surface area contributed by atoms with Crippen molar-refractivity contribution in [2.75, 3.05) is 0 Å². The molecule has 5 heteroatoms.